The lowest BCUT2D eigenvalue weighted by Gasteiger charge is -2.23. The van der Waals surface area contributed by atoms with Crippen molar-refractivity contribution in [2.24, 2.45) is 0 Å². The van der Waals surface area contributed by atoms with Crippen molar-refractivity contribution in [1.29, 1.82) is 0 Å². The number of hydrogen-bond donors (Lipinski definition) is 2. The lowest BCUT2D eigenvalue weighted by Crippen LogP contribution is -2.38. The van der Waals surface area contributed by atoms with Gasteiger partial charge >= 0.3 is 0 Å². The first kappa shape index (κ1) is 11.0. The molecule has 4 heteroatoms. The summed E-state index contributed by atoms with van der Waals surface area (Å²) >= 11 is 0. The number of benzene rings is 1. The molecular weight excluding hydrogens is 204 g/mol. The van der Waals surface area contributed by atoms with E-state index in [-0.39, 0.29) is 17.7 Å². The summed E-state index contributed by atoms with van der Waals surface area (Å²) in [7, 11) is 1.83. The summed E-state index contributed by atoms with van der Waals surface area (Å²) < 4.78 is 0. The highest BCUT2D eigenvalue weighted by atomic mass is 16.3. The summed E-state index contributed by atoms with van der Waals surface area (Å²) in [5.41, 5.74) is 0.618. The van der Waals surface area contributed by atoms with Gasteiger partial charge in [0.05, 0.1) is 0 Å². The predicted molar refractivity (Wildman–Crippen MR) is 61.5 cm³/mol. The first-order valence-electron chi connectivity index (χ1n) is 5.45. The molecule has 0 radical (unpaired) electrons. The average Bonchev–Trinajstić information content (AvgIpc) is 2.81. The van der Waals surface area contributed by atoms with Gasteiger partial charge in [0.25, 0.3) is 5.91 Å². The first-order valence-corrected chi connectivity index (χ1v) is 5.45. The van der Waals surface area contributed by atoms with E-state index in [1.807, 2.05) is 7.05 Å². The van der Waals surface area contributed by atoms with Gasteiger partial charge in [0.1, 0.15) is 5.75 Å². The molecule has 16 heavy (non-hydrogen) atoms. The molecule has 0 saturated carbocycles. The fourth-order valence-corrected chi connectivity index (χ4v) is 1.94. The number of aromatic hydroxyl groups is 1. The van der Waals surface area contributed by atoms with Crippen molar-refractivity contribution in [1.82, 2.24) is 10.2 Å². The molecule has 1 aliphatic rings. The number of amides is 1. The summed E-state index contributed by atoms with van der Waals surface area (Å²) in [6.45, 7) is 1.83. The Morgan fingerprint density at radius 3 is 2.69 bits per heavy atom. The van der Waals surface area contributed by atoms with Gasteiger partial charge in [-0.2, -0.15) is 0 Å². The van der Waals surface area contributed by atoms with Crippen molar-refractivity contribution in [2.75, 3.05) is 20.1 Å². The molecule has 1 amide bonds. The van der Waals surface area contributed by atoms with E-state index in [1.54, 1.807) is 17.0 Å². The third-order valence-electron chi connectivity index (χ3n) is 3.02. The Bertz CT molecular complexity index is 369. The molecule has 86 valence electrons. The lowest BCUT2D eigenvalue weighted by molar-refractivity contribution is 0.0744. The van der Waals surface area contributed by atoms with E-state index in [2.05, 4.69) is 5.32 Å². The van der Waals surface area contributed by atoms with E-state index < -0.39 is 0 Å². The second-order valence-electron chi connectivity index (χ2n) is 4.11. The van der Waals surface area contributed by atoms with Crippen molar-refractivity contribution in [2.45, 2.75) is 12.5 Å². The first-order chi connectivity index (χ1) is 7.68. The molecule has 1 saturated heterocycles. The van der Waals surface area contributed by atoms with Crippen LogP contribution in [0.25, 0.3) is 0 Å². The van der Waals surface area contributed by atoms with Gasteiger partial charge in [0, 0.05) is 25.2 Å². The highest BCUT2D eigenvalue weighted by Crippen LogP contribution is 2.14. The zero-order valence-electron chi connectivity index (χ0n) is 9.31. The van der Waals surface area contributed by atoms with Crippen LogP contribution in [0.1, 0.15) is 16.8 Å². The highest BCUT2D eigenvalue weighted by Gasteiger charge is 2.23. The Kier molecular flexibility index (Phi) is 3.10. The Morgan fingerprint density at radius 1 is 1.44 bits per heavy atom. The second-order valence-corrected chi connectivity index (χ2v) is 4.11. The number of nitrogens with zero attached hydrogens (tertiary/aromatic N) is 1. The van der Waals surface area contributed by atoms with Crippen molar-refractivity contribution < 1.29 is 9.90 Å². The monoisotopic (exact) mass is 220 g/mol. The highest BCUT2D eigenvalue weighted by molar-refractivity contribution is 5.94. The average molecular weight is 220 g/mol. The minimum Gasteiger partial charge on any atom is -0.508 e. The molecule has 1 aromatic rings. The molecule has 0 unspecified atom stereocenters. The summed E-state index contributed by atoms with van der Waals surface area (Å²) in [4.78, 5) is 13.8. The quantitative estimate of drug-likeness (QED) is 0.776. The number of likely N-dealkylation sites (N-methyl/N-ethyl adjacent to an activating group) is 1. The molecule has 4 nitrogen and oxygen atoms in total. The molecule has 0 spiro atoms. The van der Waals surface area contributed by atoms with Crippen molar-refractivity contribution >= 4 is 5.91 Å². The molecule has 1 fully saturated rings. The van der Waals surface area contributed by atoms with Crippen molar-refractivity contribution in [3.8, 4) is 5.75 Å². The molecule has 2 rings (SSSR count). The standard InChI is InChI=1S/C12H16N2O2/c1-14(10-6-7-13-8-10)12(16)9-2-4-11(15)5-3-9/h2-5,10,13,15H,6-8H2,1H3/t10-/m0/s1. The van der Waals surface area contributed by atoms with Crippen LogP contribution in [0.5, 0.6) is 5.75 Å². The number of carbonyl (C=O) groups excluding carboxylic acids is 1. The van der Waals surface area contributed by atoms with Crippen LogP contribution < -0.4 is 5.32 Å². The van der Waals surface area contributed by atoms with Crippen LogP contribution in [-0.4, -0.2) is 42.1 Å². The van der Waals surface area contributed by atoms with Gasteiger partial charge in [0.15, 0.2) is 0 Å². The fourth-order valence-electron chi connectivity index (χ4n) is 1.94. The smallest absolute Gasteiger partial charge is 0.253 e. The van der Waals surface area contributed by atoms with Gasteiger partial charge in [0.2, 0.25) is 0 Å². The van der Waals surface area contributed by atoms with Crippen LogP contribution in [0, 0.1) is 0 Å². The Labute approximate surface area is 94.9 Å². The summed E-state index contributed by atoms with van der Waals surface area (Å²) in [6, 6.07) is 6.65. The molecule has 1 aliphatic heterocycles. The van der Waals surface area contributed by atoms with E-state index in [4.69, 9.17) is 5.11 Å². The number of nitrogens with one attached hydrogen (secondary N) is 1. The molecule has 1 heterocycles. The van der Waals surface area contributed by atoms with Crippen LogP contribution in [-0.2, 0) is 0 Å². The summed E-state index contributed by atoms with van der Waals surface area (Å²) in [6.07, 6.45) is 1.00. The maximum Gasteiger partial charge on any atom is 0.253 e. The van der Waals surface area contributed by atoms with E-state index in [1.165, 1.54) is 12.1 Å². The molecule has 0 bridgehead atoms. The number of phenols is 1. The van der Waals surface area contributed by atoms with Crippen LogP contribution in [0.4, 0.5) is 0 Å². The van der Waals surface area contributed by atoms with Crippen LogP contribution in [0.15, 0.2) is 24.3 Å². The minimum absolute atomic E-state index is 0.00806. The SMILES string of the molecule is CN(C(=O)c1ccc(O)cc1)[C@H]1CCNC1. The fraction of sp³-hybridized carbons (Fsp3) is 0.417. The Morgan fingerprint density at radius 2 is 2.12 bits per heavy atom. The molecule has 0 aliphatic carbocycles. The minimum atomic E-state index is 0.00806. The predicted octanol–water partition coefficient (Wildman–Crippen LogP) is 0.826. The Hall–Kier alpha value is -1.55. The molecule has 1 aromatic carbocycles. The maximum atomic E-state index is 12.1. The number of carbonyl (C=O) groups is 1. The van der Waals surface area contributed by atoms with Crippen LogP contribution in [0.3, 0.4) is 0 Å². The number of rotatable bonds is 2. The largest absolute Gasteiger partial charge is 0.508 e. The zero-order chi connectivity index (χ0) is 11.5. The van der Waals surface area contributed by atoms with E-state index in [0.717, 1.165) is 19.5 Å². The van der Waals surface area contributed by atoms with Crippen LogP contribution in [0.2, 0.25) is 0 Å². The molecule has 2 N–H and O–H groups in total. The van der Waals surface area contributed by atoms with Gasteiger partial charge in [-0.15, -0.1) is 0 Å². The third-order valence-corrected chi connectivity index (χ3v) is 3.02. The molecule has 0 aromatic heterocycles. The number of hydrogen-bond acceptors (Lipinski definition) is 3. The second kappa shape index (κ2) is 4.53. The lowest BCUT2D eigenvalue weighted by atomic mass is 10.1. The maximum absolute atomic E-state index is 12.1. The van der Waals surface area contributed by atoms with Gasteiger partial charge in [-0.05, 0) is 37.2 Å². The summed E-state index contributed by atoms with van der Waals surface area (Å²) in [5, 5.41) is 12.4. The van der Waals surface area contributed by atoms with E-state index >= 15 is 0 Å². The van der Waals surface area contributed by atoms with Crippen molar-refractivity contribution in [3.05, 3.63) is 29.8 Å². The molecule has 1 atom stereocenters. The van der Waals surface area contributed by atoms with Gasteiger partial charge in [-0.3, -0.25) is 4.79 Å². The third kappa shape index (κ3) is 2.17. The topological polar surface area (TPSA) is 52.6 Å². The Balaban J connectivity index is 2.08. The normalized spacial score (nSPS) is 19.7. The van der Waals surface area contributed by atoms with Gasteiger partial charge < -0.3 is 15.3 Å². The van der Waals surface area contributed by atoms with Crippen molar-refractivity contribution in [3.63, 3.8) is 0 Å². The van der Waals surface area contributed by atoms with E-state index in [9.17, 15) is 4.79 Å². The number of phenolic OH excluding ortho intramolecular Hbond substituents is 1. The van der Waals surface area contributed by atoms with Crippen LogP contribution >= 0.6 is 0 Å². The van der Waals surface area contributed by atoms with E-state index in [0.29, 0.717) is 5.56 Å². The summed E-state index contributed by atoms with van der Waals surface area (Å²) in [5.74, 6) is 0.190. The molecular formula is C12H16N2O2. The zero-order valence-corrected chi connectivity index (χ0v) is 9.31. The van der Waals surface area contributed by atoms with Gasteiger partial charge in [-0.25, -0.2) is 0 Å². The van der Waals surface area contributed by atoms with Gasteiger partial charge in [-0.1, -0.05) is 0 Å².